The van der Waals surface area contributed by atoms with Crippen LogP contribution in [-0.4, -0.2) is 26.5 Å². The van der Waals surface area contributed by atoms with Gasteiger partial charge in [0.05, 0.1) is 0 Å². The molecule has 4 nitrogen and oxygen atoms in total. The summed E-state index contributed by atoms with van der Waals surface area (Å²) in [5.74, 6) is -0.286. The molecule has 0 bridgehead atoms. The first-order valence-corrected chi connectivity index (χ1v) is 11.3. The molecule has 1 heterocycles. The number of thiophene rings is 1. The molecule has 1 N–H and O–H groups in total. The minimum atomic E-state index is -4.73. The minimum Gasteiger partial charge on any atom is -0.406 e. The molecule has 1 aromatic heterocycles. The van der Waals surface area contributed by atoms with Gasteiger partial charge < -0.3 is 4.74 Å². The lowest BCUT2D eigenvalue weighted by Crippen LogP contribution is -2.32. The highest BCUT2D eigenvalue weighted by Gasteiger charge is 2.31. The molecule has 2 unspecified atom stereocenters. The van der Waals surface area contributed by atoms with Crippen molar-refractivity contribution in [3.8, 4) is 5.75 Å². The molecule has 0 amide bonds. The van der Waals surface area contributed by atoms with Crippen molar-refractivity contribution >= 4 is 53.6 Å². The van der Waals surface area contributed by atoms with Crippen molar-refractivity contribution in [2.24, 2.45) is 0 Å². The average molecular weight is 508 g/mol. The van der Waals surface area contributed by atoms with Gasteiger partial charge in [-0.3, -0.25) is 8.86 Å². The standard InChI is InChI=1S/C19H17BrF3NO3S2/c1-12-16-4-2-3-5-17(16)28-18(12)24(29(25)26)11-14(20)10-13-6-8-15(9-7-13)27-19(21,22)23/h2-9,14H,10-11H2,1H3,(H,25,26). The third-order valence-electron chi connectivity index (χ3n) is 4.21. The number of hydrogen-bond acceptors (Lipinski definition) is 3. The number of benzene rings is 2. The van der Waals surface area contributed by atoms with Crippen LogP contribution < -0.4 is 9.04 Å². The molecule has 0 aliphatic rings. The van der Waals surface area contributed by atoms with E-state index in [0.717, 1.165) is 21.2 Å². The minimum absolute atomic E-state index is 0.197. The molecule has 0 saturated carbocycles. The van der Waals surface area contributed by atoms with Gasteiger partial charge in [-0.1, -0.05) is 46.3 Å². The Balaban J connectivity index is 1.72. The van der Waals surface area contributed by atoms with Crippen LogP contribution in [0.3, 0.4) is 0 Å². The van der Waals surface area contributed by atoms with E-state index in [1.165, 1.54) is 27.8 Å². The number of hydrogen-bond donors (Lipinski definition) is 1. The van der Waals surface area contributed by atoms with Gasteiger partial charge in [-0.25, -0.2) is 4.21 Å². The van der Waals surface area contributed by atoms with E-state index in [-0.39, 0.29) is 17.1 Å². The Hall–Kier alpha value is -1.62. The molecule has 29 heavy (non-hydrogen) atoms. The molecule has 3 rings (SSSR count). The zero-order valence-electron chi connectivity index (χ0n) is 15.1. The predicted octanol–water partition coefficient (Wildman–Crippen LogP) is 6.06. The van der Waals surface area contributed by atoms with Crippen LogP contribution >= 0.6 is 27.3 Å². The summed E-state index contributed by atoms with van der Waals surface area (Å²) in [6.07, 6.45) is -4.27. The molecule has 2 atom stereocenters. The van der Waals surface area contributed by atoms with E-state index in [2.05, 4.69) is 20.7 Å². The first-order valence-electron chi connectivity index (χ1n) is 8.49. The maximum Gasteiger partial charge on any atom is 0.573 e. The Morgan fingerprint density at radius 2 is 1.86 bits per heavy atom. The van der Waals surface area contributed by atoms with Gasteiger partial charge in [-0.2, -0.15) is 0 Å². The summed E-state index contributed by atoms with van der Waals surface area (Å²) >= 11 is 2.75. The highest BCUT2D eigenvalue weighted by Crippen LogP contribution is 2.38. The molecule has 0 fully saturated rings. The van der Waals surface area contributed by atoms with Crippen molar-refractivity contribution in [2.75, 3.05) is 10.8 Å². The number of alkyl halides is 4. The molecule has 2 aromatic carbocycles. The highest BCUT2D eigenvalue weighted by atomic mass is 79.9. The summed E-state index contributed by atoms with van der Waals surface area (Å²) in [6, 6.07) is 13.4. The Morgan fingerprint density at radius 1 is 1.21 bits per heavy atom. The summed E-state index contributed by atoms with van der Waals surface area (Å²) in [4.78, 5) is -0.197. The van der Waals surface area contributed by atoms with Crippen LogP contribution in [-0.2, 0) is 17.7 Å². The van der Waals surface area contributed by atoms with Gasteiger partial charge >= 0.3 is 6.36 Å². The number of anilines is 1. The summed E-state index contributed by atoms with van der Waals surface area (Å²) in [6.45, 7) is 2.16. The molecule has 3 aromatic rings. The van der Waals surface area contributed by atoms with E-state index in [1.807, 2.05) is 31.2 Å². The second-order valence-corrected chi connectivity index (χ2v) is 9.54. The number of halogens is 4. The third kappa shape index (κ3) is 5.71. The Morgan fingerprint density at radius 3 is 2.45 bits per heavy atom. The molecule has 156 valence electrons. The maximum atomic E-state index is 12.3. The van der Waals surface area contributed by atoms with Gasteiger partial charge in [0.2, 0.25) is 0 Å². The molecule has 0 saturated heterocycles. The van der Waals surface area contributed by atoms with E-state index in [0.29, 0.717) is 11.4 Å². The second-order valence-electron chi connectivity index (χ2n) is 6.31. The first kappa shape index (κ1) is 22.1. The van der Waals surface area contributed by atoms with E-state index in [4.69, 9.17) is 0 Å². The molecular weight excluding hydrogens is 491 g/mol. The van der Waals surface area contributed by atoms with E-state index in [9.17, 15) is 21.9 Å². The number of nitrogens with zero attached hydrogens (tertiary/aromatic N) is 1. The Labute approximate surface area is 180 Å². The Kier molecular flexibility index (Phi) is 6.87. The van der Waals surface area contributed by atoms with Crippen LogP contribution in [0, 0.1) is 6.92 Å². The summed E-state index contributed by atoms with van der Waals surface area (Å²) < 4.78 is 64.9. The SMILES string of the molecule is Cc1c(N(CC(Br)Cc2ccc(OC(F)(F)F)cc2)S(=O)O)sc2ccccc12. The predicted molar refractivity (Wildman–Crippen MR) is 114 cm³/mol. The van der Waals surface area contributed by atoms with Gasteiger partial charge in [0, 0.05) is 16.1 Å². The summed E-state index contributed by atoms with van der Waals surface area (Å²) in [5, 5.41) is 1.75. The fourth-order valence-corrected chi connectivity index (χ4v) is 5.81. The van der Waals surface area contributed by atoms with Crippen molar-refractivity contribution < 1.29 is 26.7 Å². The fraction of sp³-hybridized carbons (Fsp3) is 0.263. The van der Waals surface area contributed by atoms with Crippen LogP contribution in [0.25, 0.3) is 10.1 Å². The van der Waals surface area contributed by atoms with Crippen molar-refractivity contribution in [2.45, 2.75) is 24.5 Å². The maximum absolute atomic E-state index is 12.3. The molecule has 0 aliphatic carbocycles. The lowest BCUT2D eigenvalue weighted by Gasteiger charge is -2.22. The topological polar surface area (TPSA) is 49.8 Å². The first-order chi connectivity index (χ1) is 13.6. The van der Waals surface area contributed by atoms with Crippen LogP contribution in [0.15, 0.2) is 48.5 Å². The third-order valence-corrected chi connectivity index (χ3v) is 6.95. The largest absolute Gasteiger partial charge is 0.573 e. The highest BCUT2D eigenvalue weighted by molar-refractivity contribution is 9.09. The quantitative estimate of drug-likeness (QED) is 0.312. The number of ether oxygens (including phenoxy) is 1. The van der Waals surface area contributed by atoms with Crippen LogP contribution in [0.1, 0.15) is 11.1 Å². The zero-order valence-corrected chi connectivity index (χ0v) is 18.4. The van der Waals surface area contributed by atoms with E-state index >= 15 is 0 Å². The molecule has 10 heteroatoms. The fourth-order valence-electron chi connectivity index (χ4n) is 2.94. The van der Waals surface area contributed by atoms with Crippen molar-refractivity contribution in [3.05, 3.63) is 59.7 Å². The van der Waals surface area contributed by atoms with Crippen LogP contribution in [0.2, 0.25) is 0 Å². The smallest absolute Gasteiger partial charge is 0.406 e. The molecular formula is C19H17BrF3NO3S2. The Bertz CT molecular complexity index is 1010. The van der Waals surface area contributed by atoms with Crippen LogP contribution in [0.5, 0.6) is 5.75 Å². The normalized spacial score (nSPS) is 14.0. The van der Waals surface area contributed by atoms with Crippen LogP contribution in [0.4, 0.5) is 18.2 Å². The van der Waals surface area contributed by atoms with Gasteiger partial charge in [0.15, 0.2) is 0 Å². The molecule has 0 radical (unpaired) electrons. The van der Waals surface area contributed by atoms with Gasteiger partial charge in [0.25, 0.3) is 11.3 Å². The molecule has 0 spiro atoms. The van der Waals surface area contributed by atoms with Gasteiger partial charge in [-0.15, -0.1) is 24.5 Å². The average Bonchev–Trinajstić information content (AvgIpc) is 2.97. The van der Waals surface area contributed by atoms with Crippen molar-refractivity contribution in [3.63, 3.8) is 0 Å². The van der Waals surface area contributed by atoms with Crippen molar-refractivity contribution in [1.29, 1.82) is 0 Å². The lowest BCUT2D eigenvalue weighted by atomic mass is 10.1. The van der Waals surface area contributed by atoms with E-state index in [1.54, 1.807) is 12.1 Å². The number of fused-ring (bicyclic) bond motifs is 1. The monoisotopic (exact) mass is 507 g/mol. The number of rotatable bonds is 7. The van der Waals surface area contributed by atoms with E-state index < -0.39 is 17.6 Å². The summed E-state index contributed by atoms with van der Waals surface area (Å²) in [7, 11) is 0. The molecule has 0 aliphatic heterocycles. The lowest BCUT2D eigenvalue weighted by molar-refractivity contribution is -0.274. The van der Waals surface area contributed by atoms with Gasteiger partial charge in [-0.05, 0) is 48.1 Å². The van der Waals surface area contributed by atoms with Gasteiger partial charge in [0.1, 0.15) is 10.8 Å². The second kappa shape index (κ2) is 9.03. The van der Waals surface area contributed by atoms with Crippen molar-refractivity contribution in [1.82, 2.24) is 0 Å². The summed E-state index contributed by atoms with van der Waals surface area (Å²) in [5.41, 5.74) is 1.71. The zero-order chi connectivity index (χ0) is 21.2. The number of aryl methyl sites for hydroxylation is 1.